The first-order chi connectivity index (χ1) is 6.20. The van der Waals surface area contributed by atoms with E-state index in [1.165, 1.54) is 0 Å². The molecule has 1 unspecified atom stereocenters. The van der Waals surface area contributed by atoms with Crippen molar-refractivity contribution in [2.24, 2.45) is 0 Å². The Labute approximate surface area is 78.0 Å². The van der Waals surface area contributed by atoms with Gasteiger partial charge in [-0.2, -0.15) is 0 Å². The lowest BCUT2D eigenvalue weighted by Crippen LogP contribution is -2.15. The third kappa shape index (κ3) is 1.88. The molecular weight excluding hydrogens is 165 g/mol. The van der Waals surface area contributed by atoms with Gasteiger partial charge in [0.05, 0.1) is 6.04 Å². The van der Waals surface area contributed by atoms with E-state index in [1.807, 2.05) is 0 Å². The second-order valence-electron chi connectivity index (χ2n) is 2.87. The van der Waals surface area contributed by atoms with E-state index in [1.54, 1.807) is 32.2 Å². The summed E-state index contributed by atoms with van der Waals surface area (Å²) in [7, 11) is 1.71. The van der Waals surface area contributed by atoms with E-state index in [2.05, 4.69) is 11.2 Å². The topological polar surface area (TPSA) is 12.0 Å². The Hall–Kier alpha value is -1.33. The largest absolute Gasteiger partial charge is 0.303 e. The van der Waals surface area contributed by atoms with Gasteiger partial charge in [0, 0.05) is 5.56 Å². The molecule has 1 N–H and O–H groups in total. The summed E-state index contributed by atoms with van der Waals surface area (Å²) in [6.07, 6.45) is 5.26. The van der Waals surface area contributed by atoms with Gasteiger partial charge in [0.25, 0.3) is 0 Å². The number of terminal acetylenes is 1. The zero-order valence-electron chi connectivity index (χ0n) is 7.76. The zero-order valence-corrected chi connectivity index (χ0v) is 7.76. The summed E-state index contributed by atoms with van der Waals surface area (Å²) in [6, 6.07) is 4.88. The third-order valence-corrected chi connectivity index (χ3v) is 1.99. The average molecular weight is 177 g/mol. The second kappa shape index (κ2) is 4.06. The number of nitrogens with one attached hydrogen (secondary N) is 1. The summed E-state index contributed by atoms with van der Waals surface area (Å²) < 4.78 is 13.5. The van der Waals surface area contributed by atoms with Crippen LogP contribution in [0.2, 0.25) is 0 Å². The molecule has 1 aromatic carbocycles. The number of halogens is 1. The maximum atomic E-state index is 13.5. The lowest BCUT2D eigenvalue weighted by Gasteiger charge is -2.11. The van der Waals surface area contributed by atoms with E-state index in [0.717, 1.165) is 0 Å². The molecule has 0 aromatic heterocycles. The molecule has 2 heteroatoms. The summed E-state index contributed by atoms with van der Waals surface area (Å²) in [6.45, 7) is 1.72. The summed E-state index contributed by atoms with van der Waals surface area (Å²) in [5, 5.41) is 2.86. The van der Waals surface area contributed by atoms with Crippen molar-refractivity contribution in [3.05, 3.63) is 35.1 Å². The van der Waals surface area contributed by atoms with Gasteiger partial charge in [-0.05, 0) is 19.5 Å². The number of hydrogen-bond donors (Lipinski definition) is 1. The van der Waals surface area contributed by atoms with Crippen molar-refractivity contribution >= 4 is 0 Å². The molecule has 0 fully saturated rings. The van der Waals surface area contributed by atoms with Crippen LogP contribution in [-0.4, -0.2) is 7.05 Å². The van der Waals surface area contributed by atoms with Gasteiger partial charge in [0.15, 0.2) is 0 Å². The van der Waals surface area contributed by atoms with Crippen molar-refractivity contribution in [2.45, 2.75) is 13.0 Å². The van der Waals surface area contributed by atoms with Crippen LogP contribution in [0.15, 0.2) is 18.2 Å². The van der Waals surface area contributed by atoms with E-state index in [4.69, 9.17) is 6.42 Å². The zero-order chi connectivity index (χ0) is 9.84. The van der Waals surface area contributed by atoms with Crippen LogP contribution in [0.1, 0.15) is 17.2 Å². The predicted octanol–water partition coefficient (Wildman–Crippen LogP) is 2.03. The molecule has 0 aliphatic heterocycles. The summed E-state index contributed by atoms with van der Waals surface area (Å²) in [5.74, 6) is 2.26. The Morgan fingerprint density at radius 3 is 2.77 bits per heavy atom. The van der Waals surface area contributed by atoms with Gasteiger partial charge in [-0.3, -0.25) is 0 Å². The van der Waals surface area contributed by atoms with Crippen LogP contribution in [0.3, 0.4) is 0 Å². The fourth-order valence-electron chi connectivity index (χ4n) is 1.22. The lowest BCUT2D eigenvalue weighted by atomic mass is 10.0. The van der Waals surface area contributed by atoms with E-state index in [0.29, 0.717) is 11.1 Å². The Bertz CT molecular complexity index is 338. The molecular formula is C11H12FN. The van der Waals surface area contributed by atoms with Crippen molar-refractivity contribution in [1.29, 1.82) is 0 Å². The molecule has 1 aromatic rings. The molecule has 0 saturated carbocycles. The standard InChI is InChI=1S/C11H12FN/c1-4-10(13-3)9-7-5-6-8(2)11(9)12/h1,5-7,10,13H,2-3H3. The van der Waals surface area contributed by atoms with Crippen LogP contribution in [0, 0.1) is 25.1 Å². The fourth-order valence-corrected chi connectivity index (χ4v) is 1.22. The van der Waals surface area contributed by atoms with Gasteiger partial charge < -0.3 is 5.32 Å². The van der Waals surface area contributed by atoms with Crippen LogP contribution in [-0.2, 0) is 0 Å². The van der Waals surface area contributed by atoms with Gasteiger partial charge in [-0.1, -0.05) is 24.1 Å². The van der Waals surface area contributed by atoms with Gasteiger partial charge >= 0.3 is 0 Å². The molecule has 1 atom stereocenters. The molecule has 0 heterocycles. The molecule has 0 amide bonds. The van der Waals surface area contributed by atoms with Crippen LogP contribution >= 0.6 is 0 Å². The Kier molecular flexibility index (Phi) is 3.05. The van der Waals surface area contributed by atoms with Gasteiger partial charge in [0.1, 0.15) is 5.82 Å². The SMILES string of the molecule is C#CC(NC)c1cccc(C)c1F. The smallest absolute Gasteiger partial charge is 0.131 e. The van der Waals surface area contributed by atoms with Crippen molar-refractivity contribution in [3.8, 4) is 12.3 Å². The first-order valence-corrected chi connectivity index (χ1v) is 4.09. The highest BCUT2D eigenvalue weighted by Crippen LogP contribution is 2.18. The first-order valence-electron chi connectivity index (χ1n) is 4.09. The van der Waals surface area contributed by atoms with Crippen LogP contribution in [0.25, 0.3) is 0 Å². The molecule has 68 valence electrons. The minimum atomic E-state index is -0.347. The van der Waals surface area contributed by atoms with Crippen LogP contribution in [0.4, 0.5) is 4.39 Å². The molecule has 0 aliphatic rings. The Balaban J connectivity index is 3.15. The Morgan fingerprint density at radius 2 is 2.23 bits per heavy atom. The number of rotatable bonds is 2. The highest BCUT2D eigenvalue weighted by molar-refractivity contribution is 5.31. The molecule has 0 aliphatic carbocycles. The number of benzene rings is 1. The molecule has 13 heavy (non-hydrogen) atoms. The monoisotopic (exact) mass is 177 g/mol. The van der Waals surface area contributed by atoms with E-state index in [9.17, 15) is 4.39 Å². The maximum Gasteiger partial charge on any atom is 0.131 e. The molecule has 0 radical (unpaired) electrons. The van der Waals surface area contributed by atoms with E-state index >= 15 is 0 Å². The molecule has 0 bridgehead atoms. The fraction of sp³-hybridized carbons (Fsp3) is 0.273. The highest BCUT2D eigenvalue weighted by Gasteiger charge is 2.11. The number of hydrogen-bond acceptors (Lipinski definition) is 1. The molecule has 1 nitrogen and oxygen atoms in total. The van der Waals surface area contributed by atoms with Crippen LogP contribution in [0.5, 0.6) is 0 Å². The normalized spacial score (nSPS) is 12.2. The summed E-state index contributed by atoms with van der Waals surface area (Å²) in [5.41, 5.74) is 1.15. The van der Waals surface area contributed by atoms with Gasteiger partial charge in [-0.25, -0.2) is 4.39 Å². The Morgan fingerprint density at radius 1 is 1.54 bits per heavy atom. The highest BCUT2D eigenvalue weighted by atomic mass is 19.1. The summed E-state index contributed by atoms with van der Waals surface area (Å²) >= 11 is 0. The number of aryl methyl sites for hydroxylation is 1. The maximum absolute atomic E-state index is 13.5. The van der Waals surface area contributed by atoms with E-state index < -0.39 is 0 Å². The minimum absolute atomic E-state index is 0.222. The quantitative estimate of drug-likeness (QED) is 0.681. The van der Waals surface area contributed by atoms with Crippen molar-refractivity contribution < 1.29 is 4.39 Å². The average Bonchev–Trinajstić information content (AvgIpc) is 2.14. The molecule has 0 spiro atoms. The molecule has 1 rings (SSSR count). The van der Waals surface area contributed by atoms with Crippen molar-refractivity contribution in [1.82, 2.24) is 5.32 Å². The van der Waals surface area contributed by atoms with E-state index in [-0.39, 0.29) is 11.9 Å². The second-order valence-corrected chi connectivity index (χ2v) is 2.87. The van der Waals surface area contributed by atoms with Crippen LogP contribution < -0.4 is 5.32 Å². The first kappa shape index (κ1) is 9.76. The minimum Gasteiger partial charge on any atom is -0.303 e. The summed E-state index contributed by atoms with van der Waals surface area (Å²) in [4.78, 5) is 0. The third-order valence-electron chi connectivity index (χ3n) is 1.99. The van der Waals surface area contributed by atoms with Gasteiger partial charge in [-0.15, -0.1) is 6.42 Å². The van der Waals surface area contributed by atoms with Crippen molar-refractivity contribution in [3.63, 3.8) is 0 Å². The van der Waals surface area contributed by atoms with Crippen molar-refractivity contribution in [2.75, 3.05) is 7.05 Å². The predicted molar refractivity (Wildman–Crippen MR) is 51.8 cm³/mol. The lowest BCUT2D eigenvalue weighted by molar-refractivity contribution is 0.579. The van der Waals surface area contributed by atoms with Gasteiger partial charge in [0.2, 0.25) is 0 Å². The molecule has 0 saturated heterocycles.